The van der Waals surface area contributed by atoms with Crippen molar-refractivity contribution in [2.75, 3.05) is 0 Å². The third-order valence-corrected chi connectivity index (χ3v) is 3.22. The van der Waals surface area contributed by atoms with Crippen molar-refractivity contribution in [3.05, 3.63) is 33.9 Å². The molecule has 0 radical (unpaired) electrons. The molecule has 18 heavy (non-hydrogen) atoms. The first-order chi connectivity index (χ1) is 8.32. The highest BCUT2D eigenvalue weighted by atomic mass is 79.9. The average molecular weight is 324 g/mol. The van der Waals surface area contributed by atoms with Crippen molar-refractivity contribution in [3.63, 3.8) is 0 Å². The van der Waals surface area contributed by atoms with E-state index in [4.69, 9.17) is 0 Å². The molecule has 0 aliphatic heterocycles. The summed E-state index contributed by atoms with van der Waals surface area (Å²) in [5, 5.41) is 10.7. The molecular weight excluding hydrogens is 316 g/mol. The lowest BCUT2D eigenvalue weighted by Crippen LogP contribution is -2.06. The number of hydrogen-bond donors (Lipinski definition) is 0. The molecule has 0 fully saturated rings. The SMILES string of the molecule is CC(=O)C(Br)c1ccc(OC(F)F)c([N+](=O)[O-])c1. The molecule has 98 valence electrons. The topological polar surface area (TPSA) is 69.4 Å². The Morgan fingerprint density at radius 2 is 2.11 bits per heavy atom. The Balaban J connectivity index is 3.18. The van der Waals surface area contributed by atoms with Crippen LogP contribution in [-0.2, 0) is 4.79 Å². The molecule has 0 bridgehead atoms. The number of ketones is 1. The van der Waals surface area contributed by atoms with Crippen LogP contribution in [0.5, 0.6) is 5.75 Å². The molecule has 0 aromatic heterocycles. The van der Waals surface area contributed by atoms with Gasteiger partial charge in [0.25, 0.3) is 0 Å². The molecule has 0 aliphatic rings. The predicted molar refractivity (Wildman–Crippen MR) is 62.1 cm³/mol. The van der Waals surface area contributed by atoms with Gasteiger partial charge in [-0.25, -0.2) is 0 Å². The molecule has 5 nitrogen and oxygen atoms in total. The van der Waals surface area contributed by atoms with E-state index < -0.39 is 27.8 Å². The maximum absolute atomic E-state index is 12.0. The fourth-order valence-corrected chi connectivity index (χ4v) is 1.55. The first-order valence-electron chi connectivity index (χ1n) is 4.70. The number of carbonyl (C=O) groups is 1. The second-order valence-corrected chi connectivity index (χ2v) is 4.25. The molecule has 0 spiro atoms. The monoisotopic (exact) mass is 323 g/mol. The highest BCUT2D eigenvalue weighted by Gasteiger charge is 2.22. The van der Waals surface area contributed by atoms with Crippen LogP contribution in [0.1, 0.15) is 17.3 Å². The van der Waals surface area contributed by atoms with E-state index in [1.54, 1.807) is 0 Å². The number of Topliss-reactive ketones (excluding diaryl/α,β-unsaturated/α-hetero) is 1. The van der Waals surface area contributed by atoms with Crippen LogP contribution in [0, 0.1) is 10.1 Å². The highest BCUT2D eigenvalue weighted by molar-refractivity contribution is 9.09. The van der Waals surface area contributed by atoms with Crippen LogP contribution in [0.25, 0.3) is 0 Å². The summed E-state index contributed by atoms with van der Waals surface area (Å²) >= 11 is 3.05. The summed E-state index contributed by atoms with van der Waals surface area (Å²) in [6.45, 7) is -1.85. The Kier molecular flexibility index (Phi) is 4.71. The Hall–Kier alpha value is -1.57. The summed E-state index contributed by atoms with van der Waals surface area (Å²) in [5.74, 6) is -0.797. The zero-order valence-corrected chi connectivity index (χ0v) is 10.7. The summed E-state index contributed by atoms with van der Waals surface area (Å²) in [5.41, 5.74) is -0.311. The van der Waals surface area contributed by atoms with Gasteiger partial charge in [-0.2, -0.15) is 8.78 Å². The van der Waals surface area contributed by atoms with Crippen LogP contribution in [0.4, 0.5) is 14.5 Å². The van der Waals surface area contributed by atoms with Crippen molar-refractivity contribution in [2.45, 2.75) is 18.4 Å². The normalized spacial score (nSPS) is 12.3. The molecule has 0 amide bonds. The van der Waals surface area contributed by atoms with E-state index >= 15 is 0 Å². The molecule has 1 unspecified atom stereocenters. The lowest BCUT2D eigenvalue weighted by molar-refractivity contribution is -0.386. The zero-order valence-electron chi connectivity index (χ0n) is 9.10. The molecule has 1 atom stereocenters. The molecule has 0 N–H and O–H groups in total. The molecule has 1 rings (SSSR count). The van der Waals surface area contributed by atoms with Crippen molar-refractivity contribution in [1.29, 1.82) is 0 Å². The van der Waals surface area contributed by atoms with E-state index in [0.717, 1.165) is 12.1 Å². The van der Waals surface area contributed by atoms with E-state index in [-0.39, 0.29) is 5.78 Å². The molecule has 0 saturated carbocycles. The fourth-order valence-electron chi connectivity index (χ4n) is 1.27. The number of nitrogens with zero attached hydrogens (tertiary/aromatic N) is 1. The van der Waals surface area contributed by atoms with E-state index in [1.807, 2.05) is 0 Å². The van der Waals surface area contributed by atoms with E-state index in [2.05, 4.69) is 20.7 Å². The van der Waals surface area contributed by atoms with Gasteiger partial charge in [0.2, 0.25) is 5.75 Å². The minimum Gasteiger partial charge on any atom is -0.427 e. The number of carbonyl (C=O) groups excluding carboxylic acids is 1. The minimum atomic E-state index is -3.15. The van der Waals surface area contributed by atoms with Crippen LogP contribution < -0.4 is 4.74 Å². The van der Waals surface area contributed by atoms with Gasteiger partial charge >= 0.3 is 12.3 Å². The lowest BCUT2D eigenvalue weighted by atomic mass is 10.1. The van der Waals surface area contributed by atoms with E-state index in [9.17, 15) is 23.7 Å². The highest BCUT2D eigenvalue weighted by Crippen LogP contribution is 2.34. The van der Waals surface area contributed by atoms with Gasteiger partial charge in [0.05, 0.1) is 9.75 Å². The molecule has 1 aromatic carbocycles. The fraction of sp³-hybridized carbons (Fsp3) is 0.300. The lowest BCUT2D eigenvalue weighted by Gasteiger charge is -2.09. The summed E-state index contributed by atoms with van der Waals surface area (Å²) in [6, 6.07) is 3.38. The van der Waals surface area contributed by atoms with E-state index in [0.29, 0.717) is 5.56 Å². The van der Waals surface area contributed by atoms with Crippen molar-refractivity contribution < 1.29 is 23.2 Å². The Bertz CT molecular complexity index is 481. The van der Waals surface area contributed by atoms with Gasteiger partial charge in [0.15, 0.2) is 0 Å². The molecule has 1 aromatic rings. The Morgan fingerprint density at radius 3 is 2.56 bits per heavy atom. The molecular formula is C10H8BrF2NO4. The second-order valence-electron chi connectivity index (χ2n) is 3.34. The smallest absolute Gasteiger partial charge is 0.387 e. The summed E-state index contributed by atoms with van der Waals surface area (Å²) in [6.07, 6.45) is 0. The van der Waals surface area contributed by atoms with Crippen molar-refractivity contribution in [3.8, 4) is 5.75 Å². The van der Waals surface area contributed by atoms with Crippen molar-refractivity contribution >= 4 is 27.4 Å². The molecule has 8 heteroatoms. The predicted octanol–water partition coefficient (Wildman–Crippen LogP) is 3.22. The first-order valence-corrected chi connectivity index (χ1v) is 5.62. The number of nitro groups is 1. The molecule has 0 aliphatic carbocycles. The Labute approximate surface area is 109 Å². The van der Waals surface area contributed by atoms with Crippen LogP contribution in [0.15, 0.2) is 18.2 Å². The van der Waals surface area contributed by atoms with Gasteiger partial charge in [0, 0.05) is 6.07 Å². The summed E-state index contributed by atoms with van der Waals surface area (Å²) in [7, 11) is 0. The standard InChI is InChI=1S/C10H8BrF2NO4/c1-5(15)9(11)6-2-3-8(18-10(12)13)7(4-6)14(16)17/h2-4,9-10H,1H3. The zero-order chi connectivity index (χ0) is 13.9. The largest absolute Gasteiger partial charge is 0.427 e. The summed E-state index contributed by atoms with van der Waals surface area (Å²) < 4.78 is 28.1. The number of halogens is 3. The first kappa shape index (κ1) is 14.5. The van der Waals surface area contributed by atoms with E-state index in [1.165, 1.54) is 13.0 Å². The third-order valence-electron chi connectivity index (χ3n) is 2.05. The number of alkyl halides is 3. The van der Waals surface area contributed by atoms with Gasteiger partial charge in [-0.05, 0) is 18.6 Å². The van der Waals surface area contributed by atoms with Crippen LogP contribution >= 0.6 is 15.9 Å². The number of nitro benzene ring substituents is 1. The van der Waals surface area contributed by atoms with Gasteiger partial charge < -0.3 is 4.74 Å². The number of rotatable bonds is 5. The third kappa shape index (κ3) is 3.46. The van der Waals surface area contributed by atoms with Crippen LogP contribution in [0.2, 0.25) is 0 Å². The quantitative estimate of drug-likeness (QED) is 0.474. The van der Waals surface area contributed by atoms with Crippen molar-refractivity contribution in [1.82, 2.24) is 0 Å². The number of ether oxygens (including phenoxy) is 1. The van der Waals surface area contributed by atoms with Gasteiger partial charge in [-0.3, -0.25) is 14.9 Å². The molecule has 0 saturated heterocycles. The molecule has 0 heterocycles. The van der Waals surface area contributed by atoms with Gasteiger partial charge in [-0.1, -0.05) is 22.0 Å². The van der Waals surface area contributed by atoms with Crippen LogP contribution in [-0.4, -0.2) is 17.3 Å². The second kappa shape index (κ2) is 5.85. The maximum atomic E-state index is 12.0. The van der Waals surface area contributed by atoms with Gasteiger partial charge in [0.1, 0.15) is 5.78 Å². The summed E-state index contributed by atoms with van der Waals surface area (Å²) in [4.78, 5) is 20.3. The van der Waals surface area contributed by atoms with Crippen LogP contribution in [0.3, 0.4) is 0 Å². The number of benzene rings is 1. The minimum absolute atomic E-state index is 0.258. The van der Waals surface area contributed by atoms with Gasteiger partial charge in [-0.15, -0.1) is 0 Å². The number of hydrogen-bond acceptors (Lipinski definition) is 4. The van der Waals surface area contributed by atoms with Crippen molar-refractivity contribution in [2.24, 2.45) is 0 Å². The maximum Gasteiger partial charge on any atom is 0.387 e. The Morgan fingerprint density at radius 1 is 1.50 bits per heavy atom. The average Bonchev–Trinajstić information content (AvgIpc) is 2.27.